The molecule has 5 nitrogen and oxygen atoms in total. The molecule has 1 unspecified atom stereocenters. The van der Waals surface area contributed by atoms with Crippen LogP contribution >= 0.6 is 12.4 Å². The van der Waals surface area contributed by atoms with Gasteiger partial charge in [-0.05, 0) is 30.5 Å². The fraction of sp³-hybridized carbons (Fsp3) is 0.400. The maximum atomic E-state index is 11.7. The molecule has 0 saturated carbocycles. The van der Waals surface area contributed by atoms with Gasteiger partial charge in [-0.1, -0.05) is 12.1 Å². The van der Waals surface area contributed by atoms with Crippen molar-refractivity contribution in [2.75, 3.05) is 20.3 Å². The molecule has 0 bridgehead atoms. The highest BCUT2D eigenvalue weighted by molar-refractivity contribution is 5.86. The molecular weight excluding hydrogens is 290 g/mol. The van der Waals surface area contributed by atoms with Gasteiger partial charge in [0.1, 0.15) is 6.04 Å². The molecule has 4 N–H and O–H groups in total. The van der Waals surface area contributed by atoms with Crippen LogP contribution in [0.4, 0.5) is 0 Å². The molecule has 0 aliphatic heterocycles. The van der Waals surface area contributed by atoms with Crippen molar-refractivity contribution in [1.82, 2.24) is 10.3 Å². The Balaban J connectivity index is 0.00000220. The van der Waals surface area contributed by atoms with Crippen LogP contribution in [0.5, 0.6) is 0 Å². The number of aromatic amines is 1. The van der Waals surface area contributed by atoms with E-state index in [0.717, 1.165) is 11.9 Å². The molecule has 1 amide bonds. The van der Waals surface area contributed by atoms with E-state index < -0.39 is 6.04 Å². The Morgan fingerprint density at radius 1 is 1.48 bits per heavy atom. The van der Waals surface area contributed by atoms with Gasteiger partial charge in [0, 0.05) is 30.8 Å². The average Bonchev–Trinajstić information content (AvgIpc) is 2.83. The lowest BCUT2D eigenvalue weighted by atomic mass is 10.1. The molecule has 1 aromatic carbocycles. The summed E-state index contributed by atoms with van der Waals surface area (Å²) in [6.07, 6.45) is 2.77. The number of ether oxygens (including phenoxy) is 1. The number of methoxy groups -OCH3 is 1. The summed E-state index contributed by atoms with van der Waals surface area (Å²) in [6.45, 7) is 2.89. The van der Waals surface area contributed by atoms with Crippen LogP contribution in [-0.4, -0.2) is 37.2 Å². The van der Waals surface area contributed by atoms with E-state index in [4.69, 9.17) is 10.5 Å². The van der Waals surface area contributed by atoms with Gasteiger partial charge in [-0.25, -0.2) is 0 Å². The van der Waals surface area contributed by atoms with Gasteiger partial charge in [0.05, 0.1) is 6.61 Å². The van der Waals surface area contributed by atoms with Crippen LogP contribution in [0, 0.1) is 6.92 Å². The number of nitrogens with two attached hydrogens (primary N) is 1. The first-order valence-electron chi connectivity index (χ1n) is 6.71. The highest BCUT2D eigenvalue weighted by atomic mass is 35.5. The minimum atomic E-state index is -0.607. The zero-order valence-corrected chi connectivity index (χ0v) is 13.1. The number of aryl methyl sites for hydroxylation is 1. The van der Waals surface area contributed by atoms with Crippen molar-refractivity contribution in [3.05, 3.63) is 35.5 Å². The topological polar surface area (TPSA) is 80.1 Å². The molecule has 0 aliphatic carbocycles. The van der Waals surface area contributed by atoms with E-state index in [1.54, 1.807) is 0 Å². The molecule has 2 rings (SSSR count). The van der Waals surface area contributed by atoms with E-state index in [0.29, 0.717) is 6.54 Å². The fourth-order valence-electron chi connectivity index (χ4n) is 2.36. The first-order chi connectivity index (χ1) is 9.63. The Kier molecular flexibility index (Phi) is 6.68. The Labute approximate surface area is 130 Å². The van der Waals surface area contributed by atoms with E-state index in [-0.39, 0.29) is 24.9 Å². The molecule has 0 spiro atoms. The van der Waals surface area contributed by atoms with Gasteiger partial charge < -0.3 is 20.8 Å². The normalized spacial score (nSPS) is 12.0. The predicted octanol–water partition coefficient (Wildman–Crippen LogP) is 1.53. The fourth-order valence-corrected chi connectivity index (χ4v) is 2.36. The maximum absolute atomic E-state index is 11.7. The lowest BCUT2D eigenvalue weighted by Crippen LogP contribution is -2.44. The number of hydrogen-bond donors (Lipinski definition) is 3. The standard InChI is InChI=1S/C15H21N3O2.ClH/c1-10-4-3-5-13-14(10)11(8-18-13)6-7-17-15(19)12(16)9-20-2;/h3-5,8,12,18H,6-7,9,16H2,1-2H3,(H,17,19);1H. The zero-order valence-electron chi connectivity index (χ0n) is 12.3. The molecule has 2 aromatic rings. The number of carbonyl (C=O) groups is 1. The zero-order chi connectivity index (χ0) is 14.5. The van der Waals surface area contributed by atoms with Crippen LogP contribution in [-0.2, 0) is 16.0 Å². The quantitative estimate of drug-likeness (QED) is 0.757. The van der Waals surface area contributed by atoms with Crippen LogP contribution in [0.3, 0.4) is 0 Å². The van der Waals surface area contributed by atoms with Crippen LogP contribution in [0.2, 0.25) is 0 Å². The predicted molar refractivity (Wildman–Crippen MR) is 86.8 cm³/mol. The number of fused-ring (bicyclic) bond motifs is 1. The largest absolute Gasteiger partial charge is 0.383 e. The smallest absolute Gasteiger partial charge is 0.239 e. The van der Waals surface area contributed by atoms with Crippen LogP contribution in [0.15, 0.2) is 24.4 Å². The third kappa shape index (κ3) is 4.20. The summed E-state index contributed by atoms with van der Waals surface area (Å²) in [6, 6.07) is 5.57. The first kappa shape index (κ1) is 17.5. The van der Waals surface area contributed by atoms with E-state index in [1.165, 1.54) is 23.6 Å². The number of rotatable bonds is 6. The van der Waals surface area contributed by atoms with Crippen LogP contribution in [0.25, 0.3) is 10.9 Å². The van der Waals surface area contributed by atoms with Gasteiger partial charge in [0.25, 0.3) is 0 Å². The molecule has 116 valence electrons. The van der Waals surface area contributed by atoms with Gasteiger partial charge in [-0.3, -0.25) is 4.79 Å². The number of nitrogens with one attached hydrogen (secondary N) is 2. The van der Waals surface area contributed by atoms with Gasteiger partial charge in [-0.2, -0.15) is 0 Å². The van der Waals surface area contributed by atoms with Crippen molar-refractivity contribution in [3.63, 3.8) is 0 Å². The average molecular weight is 312 g/mol. The van der Waals surface area contributed by atoms with Crippen molar-refractivity contribution >= 4 is 29.2 Å². The Morgan fingerprint density at radius 2 is 2.24 bits per heavy atom. The van der Waals surface area contributed by atoms with E-state index >= 15 is 0 Å². The molecule has 1 aromatic heterocycles. The summed E-state index contributed by atoms with van der Waals surface area (Å²) in [7, 11) is 1.53. The first-order valence-corrected chi connectivity index (χ1v) is 6.71. The van der Waals surface area contributed by atoms with Crippen molar-refractivity contribution in [2.24, 2.45) is 5.73 Å². The molecule has 1 heterocycles. The van der Waals surface area contributed by atoms with Gasteiger partial charge >= 0.3 is 0 Å². The lowest BCUT2D eigenvalue weighted by Gasteiger charge is -2.11. The van der Waals surface area contributed by atoms with E-state index in [9.17, 15) is 4.79 Å². The highest BCUT2D eigenvalue weighted by Crippen LogP contribution is 2.22. The third-order valence-corrected chi connectivity index (χ3v) is 3.37. The van der Waals surface area contributed by atoms with Crippen LogP contribution in [0.1, 0.15) is 11.1 Å². The van der Waals surface area contributed by atoms with Crippen LogP contribution < -0.4 is 11.1 Å². The van der Waals surface area contributed by atoms with Crippen molar-refractivity contribution in [3.8, 4) is 0 Å². The Morgan fingerprint density at radius 3 is 2.95 bits per heavy atom. The second-order valence-corrected chi connectivity index (χ2v) is 4.91. The SMILES string of the molecule is COCC(N)C(=O)NCCc1c[nH]c2cccc(C)c12.Cl. The summed E-state index contributed by atoms with van der Waals surface area (Å²) in [4.78, 5) is 14.9. The maximum Gasteiger partial charge on any atom is 0.239 e. The minimum absolute atomic E-state index is 0. The van der Waals surface area contributed by atoms with Gasteiger partial charge in [0.2, 0.25) is 5.91 Å². The summed E-state index contributed by atoms with van der Waals surface area (Å²) < 4.78 is 4.86. The van der Waals surface area contributed by atoms with Crippen molar-refractivity contribution < 1.29 is 9.53 Å². The summed E-state index contributed by atoms with van der Waals surface area (Å²) in [5.74, 6) is -0.177. The van der Waals surface area contributed by atoms with Crippen molar-refractivity contribution in [2.45, 2.75) is 19.4 Å². The molecule has 6 heteroatoms. The third-order valence-electron chi connectivity index (χ3n) is 3.37. The van der Waals surface area contributed by atoms with Gasteiger partial charge in [-0.15, -0.1) is 12.4 Å². The van der Waals surface area contributed by atoms with E-state index in [1.807, 2.05) is 12.3 Å². The molecule has 21 heavy (non-hydrogen) atoms. The number of halogens is 1. The number of H-pyrrole nitrogens is 1. The number of benzene rings is 1. The number of aromatic nitrogens is 1. The Bertz CT molecular complexity index is 598. The molecule has 0 aliphatic rings. The molecule has 0 saturated heterocycles. The van der Waals surface area contributed by atoms with Gasteiger partial charge in [0.15, 0.2) is 0 Å². The highest BCUT2D eigenvalue weighted by Gasteiger charge is 2.12. The summed E-state index contributed by atoms with van der Waals surface area (Å²) in [5, 5.41) is 4.07. The lowest BCUT2D eigenvalue weighted by molar-refractivity contribution is -0.123. The number of hydrogen-bond acceptors (Lipinski definition) is 3. The van der Waals surface area contributed by atoms with E-state index in [2.05, 4.69) is 29.4 Å². The minimum Gasteiger partial charge on any atom is -0.383 e. The monoisotopic (exact) mass is 311 g/mol. The summed E-state index contributed by atoms with van der Waals surface area (Å²) in [5.41, 5.74) is 9.23. The molecule has 0 fully saturated rings. The Hall–Kier alpha value is -1.56. The molecule has 1 atom stereocenters. The second kappa shape index (κ2) is 8.02. The molecule has 0 radical (unpaired) electrons. The second-order valence-electron chi connectivity index (χ2n) is 4.91. The van der Waals surface area contributed by atoms with Crippen molar-refractivity contribution in [1.29, 1.82) is 0 Å². The number of carbonyl (C=O) groups excluding carboxylic acids is 1. The summed E-state index contributed by atoms with van der Waals surface area (Å²) >= 11 is 0. The molecular formula is C15H22ClN3O2. The number of amides is 1.